The molecule has 0 fully saturated rings. The molecule has 2 rings (SSSR count). The highest BCUT2D eigenvalue weighted by molar-refractivity contribution is 14.0. The predicted octanol–water partition coefficient (Wildman–Crippen LogP) is 3.68. The third-order valence-corrected chi connectivity index (χ3v) is 3.58. The summed E-state index contributed by atoms with van der Waals surface area (Å²) < 4.78 is 0. The minimum atomic E-state index is 0. The van der Waals surface area contributed by atoms with E-state index in [4.69, 9.17) is 4.99 Å². The first kappa shape index (κ1) is 18.0. The number of nitrogens with zero attached hydrogens (tertiary/aromatic N) is 1. The van der Waals surface area contributed by atoms with E-state index < -0.39 is 0 Å². The van der Waals surface area contributed by atoms with Gasteiger partial charge in [0.25, 0.3) is 0 Å². The molecule has 1 aromatic carbocycles. The van der Waals surface area contributed by atoms with E-state index in [1.807, 2.05) is 0 Å². The van der Waals surface area contributed by atoms with Crippen LogP contribution in [0.2, 0.25) is 0 Å². The summed E-state index contributed by atoms with van der Waals surface area (Å²) in [5.74, 6) is 1.37. The van der Waals surface area contributed by atoms with Crippen molar-refractivity contribution >= 4 is 29.9 Å². The van der Waals surface area contributed by atoms with E-state index in [0.29, 0.717) is 12.0 Å². The van der Waals surface area contributed by atoms with Crippen molar-refractivity contribution in [1.82, 2.24) is 10.6 Å². The fourth-order valence-corrected chi connectivity index (χ4v) is 2.36. The van der Waals surface area contributed by atoms with Crippen LogP contribution < -0.4 is 10.6 Å². The van der Waals surface area contributed by atoms with E-state index in [2.05, 4.69) is 67.0 Å². The van der Waals surface area contributed by atoms with Crippen LogP contribution in [0.3, 0.4) is 0 Å². The minimum absolute atomic E-state index is 0. The van der Waals surface area contributed by atoms with Crippen molar-refractivity contribution in [3.05, 3.63) is 48.0 Å². The zero-order valence-corrected chi connectivity index (χ0v) is 15.2. The Balaban J connectivity index is 0.00000220. The average Bonchev–Trinajstić information content (AvgIpc) is 2.98. The molecule has 1 unspecified atom stereocenters. The number of hydrogen-bond donors (Lipinski definition) is 2. The summed E-state index contributed by atoms with van der Waals surface area (Å²) in [6.45, 7) is 6.02. The van der Waals surface area contributed by atoms with Crippen LogP contribution in [0, 0.1) is 0 Å². The van der Waals surface area contributed by atoms with Gasteiger partial charge >= 0.3 is 0 Å². The van der Waals surface area contributed by atoms with Gasteiger partial charge in [0.2, 0.25) is 0 Å². The van der Waals surface area contributed by atoms with Crippen LogP contribution in [-0.2, 0) is 0 Å². The van der Waals surface area contributed by atoms with Crippen LogP contribution in [0.15, 0.2) is 47.5 Å². The standard InChI is InChI=1S/C17H25N3.HI/c1-3-18-17(20-16-11-7-8-12-16)19-13-14(2)15-9-5-4-6-10-15;/h4-10,14,16H,3,11-13H2,1-2H3,(H2,18,19,20);1H. The van der Waals surface area contributed by atoms with Crippen LogP contribution in [-0.4, -0.2) is 25.1 Å². The van der Waals surface area contributed by atoms with Crippen molar-refractivity contribution < 1.29 is 0 Å². The molecule has 1 aliphatic rings. The maximum atomic E-state index is 4.72. The maximum absolute atomic E-state index is 4.72. The van der Waals surface area contributed by atoms with Gasteiger partial charge in [0.05, 0.1) is 0 Å². The first-order valence-electron chi connectivity index (χ1n) is 7.54. The van der Waals surface area contributed by atoms with Gasteiger partial charge in [0.15, 0.2) is 5.96 Å². The molecule has 21 heavy (non-hydrogen) atoms. The van der Waals surface area contributed by atoms with E-state index >= 15 is 0 Å². The summed E-state index contributed by atoms with van der Waals surface area (Å²) in [5, 5.41) is 6.83. The molecule has 0 aliphatic heterocycles. The topological polar surface area (TPSA) is 36.4 Å². The molecule has 0 amide bonds. The van der Waals surface area contributed by atoms with Gasteiger partial charge in [-0.1, -0.05) is 49.4 Å². The number of nitrogens with one attached hydrogen (secondary N) is 2. The molecule has 2 N–H and O–H groups in total. The summed E-state index contributed by atoms with van der Waals surface area (Å²) in [5.41, 5.74) is 1.34. The van der Waals surface area contributed by atoms with Crippen molar-refractivity contribution in [2.24, 2.45) is 4.99 Å². The molecule has 1 aromatic rings. The summed E-state index contributed by atoms with van der Waals surface area (Å²) >= 11 is 0. The molecular formula is C17H26IN3. The lowest BCUT2D eigenvalue weighted by atomic mass is 10.0. The van der Waals surface area contributed by atoms with Crippen LogP contribution >= 0.6 is 24.0 Å². The molecule has 0 heterocycles. The van der Waals surface area contributed by atoms with Crippen molar-refractivity contribution in [2.45, 2.75) is 38.6 Å². The van der Waals surface area contributed by atoms with E-state index in [9.17, 15) is 0 Å². The molecule has 1 atom stereocenters. The van der Waals surface area contributed by atoms with E-state index in [1.165, 1.54) is 5.56 Å². The number of hydrogen-bond acceptors (Lipinski definition) is 1. The fraction of sp³-hybridized carbons (Fsp3) is 0.471. The van der Waals surface area contributed by atoms with Crippen LogP contribution in [0.25, 0.3) is 0 Å². The highest BCUT2D eigenvalue weighted by atomic mass is 127. The lowest BCUT2D eigenvalue weighted by Crippen LogP contribution is -2.42. The van der Waals surface area contributed by atoms with Crippen molar-refractivity contribution in [3.8, 4) is 0 Å². The van der Waals surface area contributed by atoms with Gasteiger partial charge in [-0.05, 0) is 25.3 Å². The zero-order chi connectivity index (χ0) is 14.2. The lowest BCUT2D eigenvalue weighted by Gasteiger charge is -2.17. The lowest BCUT2D eigenvalue weighted by molar-refractivity contribution is 0.630. The monoisotopic (exact) mass is 399 g/mol. The number of halogens is 1. The van der Waals surface area contributed by atoms with Crippen LogP contribution in [0.5, 0.6) is 0 Å². The average molecular weight is 399 g/mol. The van der Waals surface area contributed by atoms with Gasteiger partial charge in [-0.15, -0.1) is 24.0 Å². The van der Waals surface area contributed by atoms with Crippen LogP contribution in [0.1, 0.15) is 38.2 Å². The SMILES string of the molecule is CCNC(=NCC(C)c1ccccc1)NC1CC=CC1.I. The van der Waals surface area contributed by atoms with Crippen molar-refractivity contribution in [1.29, 1.82) is 0 Å². The van der Waals surface area contributed by atoms with Gasteiger partial charge in [-0.3, -0.25) is 4.99 Å². The highest BCUT2D eigenvalue weighted by Crippen LogP contribution is 2.14. The Labute approximate surface area is 145 Å². The molecule has 0 saturated carbocycles. The number of benzene rings is 1. The van der Waals surface area contributed by atoms with E-state index in [-0.39, 0.29) is 24.0 Å². The summed E-state index contributed by atoms with van der Waals surface area (Å²) in [4.78, 5) is 4.72. The molecule has 0 saturated heterocycles. The fourth-order valence-electron chi connectivity index (χ4n) is 2.36. The number of guanidine groups is 1. The Bertz CT molecular complexity index is 448. The van der Waals surface area contributed by atoms with Gasteiger partial charge in [-0.2, -0.15) is 0 Å². The first-order chi connectivity index (χ1) is 9.79. The van der Waals surface area contributed by atoms with Crippen LogP contribution in [0.4, 0.5) is 0 Å². The van der Waals surface area contributed by atoms with Gasteiger partial charge in [-0.25, -0.2) is 0 Å². The molecule has 0 bridgehead atoms. The van der Waals surface area contributed by atoms with Crippen molar-refractivity contribution in [3.63, 3.8) is 0 Å². The second-order valence-electron chi connectivity index (χ2n) is 5.32. The Morgan fingerprint density at radius 2 is 1.90 bits per heavy atom. The van der Waals surface area contributed by atoms with Gasteiger partial charge < -0.3 is 10.6 Å². The van der Waals surface area contributed by atoms with E-state index in [1.54, 1.807) is 0 Å². The Morgan fingerprint density at radius 1 is 1.24 bits per heavy atom. The smallest absolute Gasteiger partial charge is 0.191 e. The highest BCUT2D eigenvalue weighted by Gasteiger charge is 2.12. The number of rotatable bonds is 5. The molecular weight excluding hydrogens is 373 g/mol. The maximum Gasteiger partial charge on any atom is 0.191 e. The van der Waals surface area contributed by atoms with Gasteiger partial charge in [0, 0.05) is 25.0 Å². The normalized spacial score (nSPS) is 16.4. The molecule has 3 nitrogen and oxygen atoms in total. The first-order valence-corrected chi connectivity index (χ1v) is 7.54. The second-order valence-corrected chi connectivity index (χ2v) is 5.32. The Morgan fingerprint density at radius 3 is 2.52 bits per heavy atom. The summed E-state index contributed by atoms with van der Waals surface area (Å²) in [7, 11) is 0. The Hall–Kier alpha value is -1.04. The zero-order valence-electron chi connectivity index (χ0n) is 12.9. The third kappa shape index (κ3) is 6.08. The number of aliphatic imine (C=N–C) groups is 1. The van der Waals surface area contributed by atoms with Crippen molar-refractivity contribution in [2.75, 3.05) is 13.1 Å². The largest absolute Gasteiger partial charge is 0.357 e. The predicted molar refractivity (Wildman–Crippen MR) is 102 cm³/mol. The summed E-state index contributed by atoms with van der Waals surface area (Å²) in [6, 6.07) is 11.1. The quantitative estimate of drug-likeness (QED) is 0.343. The van der Waals surface area contributed by atoms with Gasteiger partial charge in [0.1, 0.15) is 0 Å². The molecule has 116 valence electrons. The Kier molecular flexibility index (Phi) is 8.42. The molecule has 1 aliphatic carbocycles. The molecule has 4 heteroatoms. The third-order valence-electron chi connectivity index (χ3n) is 3.58. The molecule has 0 spiro atoms. The molecule has 0 radical (unpaired) electrons. The van der Waals surface area contributed by atoms with E-state index in [0.717, 1.165) is 31.9 Å². The molecule has 0 aromatic heterocycles. The summed E-state index contributed by atoms with van der Waals surface area (Å²) in [6.07, 6.45) is 6.65. The minimum Gasteiger partial charge on any atom is -0.357 e. The second kappa shape index (κ2) is 9.82.